The molecule has 2 atom stereocenters. The molecule has 0 bridgehead atoms. The highest BCUT2D eigenvalue weighted by Gasteiger charge is 2.21. The van der Waals surface area contributed by atoms with Gasteiger partial charge in [0.2, 0.25) is 0 Å². The second kappa shape index (κ2) is 5.36. The van der Waals surface area contributed by atoms with E-state index in [9.17, 15) is 9.90 Å². The maximum atomic E-state index is 11.8. The lowest BCUT2D eigenvalue weighted by Crippen LogP contribution is -2.33. The molecule has 1 aromatic heterocycles. The summed E-state index contributed by atoms with van der Waals surface area (Å²) in [5, 5.41) is 12.5. The molecule has 94 valence electrons. The van der Waals surface area contributed by atoms with Crippen LogP contribution in [-0.4, -0.2) is 23.7 Å². The van der Waals surface area contributed by atoms with Gasteiger partial charge in [-0.15, -0.1) is 0 Å². The summed E-state index contributed by atoms with van der Waals surface area (Å²) in [6.07, 6.45) is 5.15. The fourth-order valence-corrected chi connectivity index (χ4v) is 2.40. The van der Waals surface area contributed by atoms with Crippen LogP contribution in [0.1, 0.15) is 41.8 Å². The zero-order valence-corrected chi connectivity index (χ0v) is 10.1. The summed E-state index contributed by atoms with van der Waals surface area (Å²) in [6.45, 7) is 2.42. The first-order valence-corrected chi connectivity index (χ1v) is 6.17. The van der Waals surface area contributed by atoms with Crippen molar-refractivity contribution in [3.05, 3.63) is 23.7 Å². The van der Waals surface area contributed by atoms with E-state index in [0.717, 1.165) is 25.7 Å². The maximum Gasteiger partial charge on any atom is 0.254 e. The third-order valence-electron chi connectivity index (χ3n) is 3.41. The van der Waals surface area contributed by atoms with Crippen LogP contribution in [0.2, 0.25) is 0 Å². The smallest absolute Gasteiger partial charge is 0.254 e. The van der Waals surface area contributed by atoms with Crippen molar-refractivity contribution in [1.82, 2.24) is 5.32 Å². The summed E-state index contributed by atoms with van der Waals surface area (Å²) in [5.41, 5.74) is 0.598. The predicted molar refractivity (Wildman–Crippen MR) is 63.7 cm³/mol. The van der Waals surface area contributed by atoms with Crippen molar-refractivity contribution < 1.29 is 14.3 Å². The van der Waals surface area contributed by atoms with Gasteiger partial charge in [-0.1, -0.05) is 6.42 Å². The van der Waals surface area contributed by atoms with Crippen molar-refractivity contribution in [2.24, 2.45) is 5.92 Å². The highest BCUT2D eigenvalue weighted by atomic mass is 16.3. The van der Waals surface area contributed by atoms with E-state index in [1.165, 1.54) is 6.26 Å². The summed E-state index contributed by atoms with van der Waals surface area (Å²) >= 11 is 0. The zero-order chi connectivity index (χ0) is 12.3. The number of carbonyl (C=O) groups is 1. The summed E-state index contributed by atoms with van der Waals surface area (Å²) < 4.78 is 5.09. The van der Waals surface area contributed by atoms with Crippen LogP contribution in [0.4, 0.5) is 0 Å². The van der Waals surface area contributed by atoms with Crippen LogP contribution in [0.25, 0.3) is 0 Å². The fourth-order valence-electron chi connectivity index (χ4n) is 2.40. The average Bonchev–Trinajstić information content (AvgIpc) is 2.72. The monoisotopic (exact) mass is 237 g/mol. The van der Waals surface area contributed by atoms with Crippen molar-refractivity contribution in [2.45, 2.75) is 38.7 Å². The first kappa shape index (κ1) is 12.2. The molecule has 1 saturated carbocycles. The van der Waals surface area contributed by atoms with Gasteiger partial charge in [-0.2, -0.15) is 0 Å². The number of hydrogen-bond donors (Lipinski definition) is 2. The Bertz CT molecular complexity index is 386. The average molecular weight is 237 g/mol. The van der Waals surface area contributed by atoms with E-state index < -0.39 is 0 Å². The number of nitrogens with one attached hydrogen (secondary N) is 1. The van der Waals surface area contributed by atoms with Crippen LogP contribution in [-0.2, 0) is 0 Å². The molecule has 1 aliphatic carbocycles. The van der Waals surface area contributed by atoms with Crippen LogP contribution < -0.4 is 5.32 Å². The molecule has 0 aromatic carbocycles. The molecular formula is C13H19NO3. The molecule has 1 aliphatic rings. The Kier molecular flexibility index (Phi) is 3.84. The Balaban J connectivity index is 1.82. The highest BCUT2D eigenvalue weighted by Crippen LogP contribution is 2.23. The van der Waals surface area contributed by atoms with Gasteiger partial charge in [-0.25, -0.2) is 0 Å². The third-order valence-corrected chi connectivity index (χ3v) is 3.41. The molecule has 1 heterocycles. The van der Waals surface area contributed by atoms with E-state index in [-0.39, 0.29) is 12.0 Å². The molecule has 2 rings (SSSR count). The minimum atomic E-state index is -0.193. The van der Waals surface area contributed by atoms with E-state index in [2.05, 4.69) is 5.32 Å². The zero-order valence-electron chi connectivity index (χ0n) is 10.1. The molecule has 0 aliphatic heterocycles. The Morgan fingerprint density at radius 3 is 3.06 bits per heavy atom. The molecular weight excluding hydrogens is 218 g/mol. The van der Waals surface area contributed by atoms with Crippen molar-refractivity contribution in [2.75, 3.05) is 6.54 Å². The summed E-state index contributed by atoms with van der Waals surface area (Å²) in [4.78, 5) is 11.8. The predicted octanol–water partition coefficient (Wildman–Crippen LogP) is 1.87. The molecule has 4 heteroatoms. The van der Waals surface area contributed by atoms with E-state index in [4.69, 9.17) is 4.42 Å². The van der Waals surface area contributed by atoms with Gasteiger partial charge >= 0.3 is 0 Å². The SMILES string of the molecule is Cc1occc1C(=O)NCC1CCCC(O)C1. The summed E-state index contributed by atoms with van der Waals surface area (Å²) in [7, 11) is 0. The van der Waals surface area contributed by atoms with Gasteiger partial charge in [0.15, 0.2) is 0 Å². The Labute approximate surface area is 101 Å². The molecule has 4 nitrogen and oxygen atoms in total. The molecule has 1 aromatic rings. The minimum Gasteiger partial charge on any atom is -0.469 e. The Morgan fingerprint density at radius 2 is 2.41 bits per heavy atom. The molecule has 1 amide bonds. The Morgan fingerprint density at radius 1 is 1.59 bits per heavy atom. The molecule has 0 spiro atoms. The van der Waals surface area contributed by atoms with E-state index >= 15 is 0 Å². The fraction of sp³-hybridized carbons (Fsp3) is 0.615. The molecule has 2 N–H and O–H groups in total. The van der Waals surface area contributed by atoms with Gasteiger partial charge in [-0.3, -0.25) is 4.79 Å². The van der Waals surface area contributed by atoms with Crippen LogP contribution in [0.3, 0.4) is 0 Å². The molecule has 1 fully saturated rings. The van der Waals surface area contributed by atoms with Gasteiger partial charge in [0.25, 0.3) is 5.91 Å². The van der Waals surface area contributed by atoms with Gasteiger partial charge in [0.1, 0.15) is 5.76 Å². The highest BCUT2D eigenvalue weighted by molar-refractivity contribution is 5.94. The van der Waals surface area contributed by atoms with Crippen molar-refractivity contribution >= 4 is 5.91 Å². The first-order chi connectivity index (χ1) is 8.16. The standard InChI is InChI=1S/C13H19NO3/c1-9-12(5-6-17-9)13(16)14-8-10-3-2-4-11(15)7-10/h5-6,10-11,15H,2-4,7-8H2,1H3,(H,14,16). The Hall–Kier alpha value is -1.29. The number of aliphatic hydroxyl groups excluding tert-OH is 1. The maximum absolute atomic E-state index is 11.8. The number of aliphatic hydroxyl groups is 1. The molecule has 17 heavy (non-hydrogen) atoms. The summed E-state index contributed by atoms with van der Waals surface area (Å²) in [5.74, 6) is 0.956. The van der Waals surface area contributed by atoms with Gasteiger partial charge in [0.05, 0.1) is 17.9 Å². The molecule has 0 saturated heterocycles. The van der Waals surface area contributed by atoms with Gasteiger partial charge in [-0.05, 0) is 38.2 Å². The van der Waals surface area contributed by atoms with Crippen LogP contribution in [0.15, 0.2) is 16.7 Å². The largest absolute Gasteiger partial charge is 0.469 e. The lowest BCUT2D eigenvalue weighted by molar-refractivity contribution is 0.0872. The lowest BCUT2D eigenvalue weighted by Gasteiger charge is -2.25. The number of aryl methyl sites for hydroxylation is 1. The number of amides is 1. The number of furan rings is 1. The quantitative estimate of drug-likeness (QED) is 0.843. The topological polar surface area (TPSA) is 62.5 Å². The lowest BCUT2D eigenvalue weighted by atomic mass is 9.87. The number of hydrogen-bond acceptors (Lipinski definition) is 3. The second-order valence-corrected chi connectivity index (χ2v) is 4.79. The van der Waals surface area contributed by atoms with Crippen molar-refractivity contribution in [3.63, 3.8) is 0 Å². The second-order valence-electron chi connectivity index (χ2n) is 4.79. The van der Waals surface area contributed by atoms with Crippen molar-refractivity contribution in [3.8, 4) is 0 Å². The molecule has 0 radical (unpaired) electrons. The van der Waals surface area contributed by atoms with E-state index in [1.807, 2.05) is 0 Å². The minimum absolute atomic E-state index is 0.0867. The van der Waals surface area contributed by atoms with Crippen molar-refractivity contribution in [1.29, 1.82) is 0 Å². The normalized spacial score (nSPS) is 24.6. The summed E-state index contributed by atoms with van der Waals surface area (Å²) in [6, 6.07) is 1.68. The van der Waals surface area contributed by atoms with E-state index in [0.29, 0.717) is 23.8 Å². The van der Waals surface area contributed by atoms with Gasteiger partial charge in [0, 0.05) is 6.54 Å². The number of carbonyl (C=O) groups excluding carboxylic acids is 1. The third kappa shape index (κ3) is 3.09. The van der Waals surface area contributed by atoms with Crippen LogP contribution in [0, 0.1) is 12.8 Å². The first-order valence-electron chi connectivity index (χ1n) is 6.17. The van der Waals surface area contributed by atoms with Crippen LogP contribution >= 0.6 is 0 Å². The molecule has 2 unspecified atom stereocenters. The van der Waals surface area contributed by atoms with Gasteiger partial charge < -0.3 is 14.8 Å². The van der Waals surface area contributed by atoms with E-state index in [1.54, 1.807) is 13.0 Å². The number of rotatable bonds is 3. The van der Waals surface area contributed by atoms with Crippen LogP contribution in [0.5, 0.6) is 0 Å².